The van der Waals surface area contributed by atoms with Crippen molar-refractivity contribution in [3.63, 3.8) is 0 Å². The Labute approximate surface area is 104 Å². The Bertz CT molecular complexity index is 257. The van der Waals surface area contributed by atoms with Crippen LogP contribution in [0, 0.1) is 11.8 Å². The minimum absolute atomic E-state index is 0.172. The number of hydrogen-bond acceptors (Lipinski definition) is 3. The molecule has 1 saturated carbocycles. The molecule has 0 aromatic carbocycles. The van der Waals surface area contributed by atoms with E-state index in [4.69, 9.17) is 5.73 Å². The Morgan fingerprint density at radius 1 is 1.41 bits per heavy atom. The molecule has 2 aliphatic rings. The molecule has 3 atom stereocenters. The van der Waals surface area contributed by atoms with Gasteiger partial charge in [0.05, 0.1) is 6.04 Å². The summed E-state index contributed by atoms with van der Waals surface area (Å²) >= 11 is 0. The van der Waals surface area contributed by atoms with E-state index < -0.39 is 0 Å². The molecule has 1 heterocycles. The Kier molecular flexibility index (Phi) is 4.40. The quantitative estimate of drug-likeness (QED) is 0.712. The topological polar surface area (TPSA) is 58.4 Å². The van der Waals surface area contributed by atoms with Gasteiger partial charge in [-0.3, -0.25) is 4.79 Å². The number of likely N-dealkylation sites (tertiary alicyclic amines) is 1. The third kappa shape index (κ3) is 3.19. The highest BCUT2D eigenvalue weighted by Crippen LogP contribution is 2.37. The van der Waals surface area contributed by atoms with Crippen molar-refractivity contribution in [2.75, 3.05) is 26.2 Å². The van der Waals surface area contributed by atoms with Crippen LogP contribution in [0.3, 0.4) is 0 Å². The van der Waals surface area contributed by atoms with Crippen LogP contribution in [0.25, 0.3) is 0 Å². The Hall–Kier alpha value is -0.610. The van der Waals surface area contributed by atoms with Crippen LogP contribution >= 0.6 is 0 Å². The normalized spacial score (nSPS) is 30.4. The first-order valence-corrected chi connectivity index (χ1v) is 6.95. The van der Waals surface area contributed by atoms with Crippen LogP contribution in [-0.4, -0.2) is 43.0 Å². The van der Waals surface area contributed by atoms with E-state index in [1.807, 2.05) is 0 Å². The second-order valence-corrected chi connectivity index (χ2v) is 5.58. The van der Waals surface area contributed by atoms with Crippen molar-refractivity contribution < 1.29 is 4.79 Å². The van der Waals surface area contributed by atoms with Gasteiger partial charge < -0.3 is 16.0 Å². The first-order chi connectivity index (χ1) is 8.20. The lowest BCUT2D eigenvalue weighted by molar-refractivity contribution is -0.120. The van der Waals surface area contributed by atoms with E-state index in [1.54, 1.807) is 0 Å². The molecule has 1 aliphatic heterocycles. The lowest BCUT2D eigenvalue weighted by Crippen LogP contribution is -2.49. The van der Waals surface area contributed by atoms with Gasteiger partial charge in [0.2, 0.25) is 5.91 Å². The van der Waals surface area contributed by atoms with Crippen LogP contribution in [0.15, 0.2) is 0 Å². The molecule has 2 rings (SSSR count). The zero-order chi connectivity index (χ0) is 12.3. The smallest absolute Gasteiger partial charge is 0.235 e. The maximum Gasteiger partial charge on any atom is 0.235 e. The van der Waals surface area contributed by atoms with Crippen LogP contribution in [-0.2, 0) is 4.79 Å². The Morgan fingerprint density at radius 3 is 2.59 bits per heavy atom. The summed E-state index contributed by atoms with van der Waals surface area (Å²) in [6, 6.07) is -0.172. The highest BCUT2D eigenvalue weighted by molar-refractivity contribution is 5.80. The summed E-state index contributed by atoms with van der Waals surface area (Å²) < 4.78 is 0. The number of carbonyl (C=O) groups is 1. The van der Waals surface area contributed by atoms with E-state index in [1.165, 1.54) is 32.4 Å². The number of hydrogen-bond donors (Lipinski definition) is 2. The average Bonchev–Trinajstić information content (AvgIpc) is 2.83. The molecule has 4 heteroatoms. The van der Waals surface area contributed by atoms with Crippen LogP contribution in [0.2, 0.25) is 0 Å². The van der Waals surface area contributed by atoms with Crippen molar-refractivity contribution in [2.24, 2.45) is 17.6 Å². The summed E-state index contributed by atoms with van der Waals surface area (Å²) in [4.78, 5) is 13.8. The zero-order valence-electron chi connectivity index (χ0n) is 10.8. The highest BCUT2D eigenvalue weighted by atomic mass is 16.1. The summed E-state index contributed by atoms with van der Waals surface area (Å²) in [5.74, 6) is 1.56. The average molecular weight is 239 g/mol. The van der Waals surface area contributed by atoms with Crippen LogP contribution in [0.4, 0.5) is 0 Å². The second-order valence-electron chi connectivity index (χ2n) is 5.58. The number of rotatable bonds is 6. The molecule has 1 aliphatic carbocycles. The summed E-state index contributed by atoms with van der Waals surface area (Å²) in [7, 11) is 0. The predicted octanol–water partition coefficient (Wildman–Crippen LogP) is 0.572. The number of carbonyl (C=O) groups excluding carboxylic acids is 1. The molecular formula is C13H25N3O. The molecular weight excluding hydrogens is 214 g/mol. The fourth-order valence-electron chi connectivity index (χ4n) is 3.31. The Morgan fingerprint density at radius 2 is 2.06 bits per heavy atom. The molecule has 1 amide bonds. The predicted molar refractivity (Wildman–Crippen MR) is 68.5 cm³/mol. The van der Waals surface area contributed by atoms with Gasteiger partial charge in [0, 0.05) is 19.6 Å². The number of nitrogens with one attached hydrogen (secondary N) is 1. The lowest BCUT2D eigenvalue weighted by atomic mass is 10.0. The SMILES string of the molecule is CCCNC(CN1CC2CCCC2C1)C(N)=O. The number of nitrogens with zero attached hydrogens (tertiary/aromatic N) is 1. The van der Waals surface area contributed by atoms with Crippen molar-refractivity contribution in [1.82, 2.24) is 10.2 Å². The summed E-state index contributed by atoms with van der Waals surface area (Å²) in [5, 5.41) is 3.25. The van der Waals surface area contributed by atoms with Gasteiger partial charge in [-0.1, -0.05) is 13.3 Å². The standard InChI is InChI=1S/C13H25N3O/c1-2-6-15-12(13(14)17)9-16-7-10-4-3-5-11(10)8-16/h10-12,15H,2-9H2,1H3,(H2,14,17). The fraction of sp³-hybridized carbons (Fsp3) is 0.923. The fourth-order valence-corrected chi connectivity index (χ4v) is 3.31. The molecule has 3 N–H and O–H groups in total. The zero-order valence-corrected chi connectivity index (χ0v) is 10.8. The van der Waals surface area contributed by atoms with Crippen LogP contribution in [0.1, 0.15) is 32.6 Å². The molecule has 3 unspecified atom stereocenters. The highest BCUT2D eigenvalue weighted by Gasteiger charge is 2.36. The molecule has 4 nitrogen and oxygen atoms in total. The molecule has 0 radical (unpaired) electrons. The summed E-state index contributed by atoms with van der Waals surface area (Å²) in [5.41, 5.74) is 5.44. The molecule has 1 saturated heterocycles. The number of fused-ring (bicyclic) bond motifs is 1. The molecule has 0 spiro atoms. The largest absolute Gasteiger partial charge is 0.368 e. The van der Waals surface area contributed by atoms with Gasteiger partial charge in [-0.05, 0) is 37.6 Å². The van der Waals surface area contributed by atoms with Crippen molar-refractivity contribution in [1.29, 1.82) is 0 Å². The van der Waals surface area contributed by atoms with Crippen molar-refractivity contribution in [3.05, 3.63) is 0 Å². The first-order valence-electron chi connectivity index (χ1n) is 6.95. The molecule has 0 aromatic rings. The second kappa shape index (κ2) is 5.83. The summed E-state index contributed by atoms with van der Waals surface area (Å²) in [6.45, 7) is 6.10. The van der Waals surface area contributed by atoms with Crippen LogP contribution in [0.5, 0.6) is 0 Å². The number of nitrogens with two attached hydrogens (primary N) is 1. The number of primary amides is 1. The van der Waals surface area contributed by atoms with E-state index in [2.05, 4.69) is 17.1 Å². The van der Waals surface area contributed by atoms with E-state index in [0.717, 1.165) is 31.3 Å². The van der Waals surface area contributed by atoms with E-state index in [0.29, 0.717) is 0 Å². The van der Waals surface area contributed by atoms with Crippen molar-refractivity contribution in [3.8, 4) is 0 Å². The summed E-state index contributed by atoms with van der Waals surface area (Å²) in [6.07, 6.45) is 5.20. The van der Waals surface area contributed by atoms with Crippen LogP contribution < -0.4 is 11.1 Å². The maximum absolute atomic E-state index is 11.4. The molecule has 2 fully saturated rings. The Balaban J connectivity index is 1.80. The number of amides is 1. The molecule has 0 bridgehead atoms. The van der Waals surface area contributed by atoms with E-state index >= 15 is 0 Å². The van der Waals surface area contributed by atoms with E-state index in [-0.39, 0.29) is 11.9 Å². The van der Waals surface area contributed by atoms with Gasteiger partial charge in [-0.2, -0.15) is 0 Å². The maximum atomic E-state index is 11.4. The molecule has 17 heavy (non-hydrogen) atoms. The monoisotopic (exact) mass is 239 g/mol. The van der Waals surface area contributed by atoms with Gasteiger partial charge in [0.1, 0.15) is 0 Å². The van der Waals surface area contributed by atoms with Gasteiger partial charge in [-0.25, -0.2) is 0 Å². The third-order valence-electron chi connectivity index (χ3n) is 4.23. The molecule has 98 valence electrons. The van der Waals surface area contributed by atoms with Crippen molar-refractivity contribution in [2.45, 2.75) is 38.6 Å². The molecule has 0 aromatic heterocycles. The minimum atomic E-state index is -0.212. The first kappa shape index (κ1) is 12.8. The third-order valence-corrected chi connectivity index (χ3v) is 4.23. The minimum Gasteiger partial charge on any atom is -0.368 e. The van der Waals surface area contributed by atoms with E-state index in [9.17, 15) is 4.79 Å². The van der Waals surface area contributed by atoms with Gasteiger partial charge >= 0.3 is 0 Å². The van der Waals surface area contributed by atoms with Crippen molar-refractivity contribution >= 4 is 5.91 Å². The lowest BCUT2D eigenvalue weighted by Gasteiger charge is -2.23. The van der Waals surface area contributed by atoms with Gasteiger partial charge in [-0.15, -0.1) is 0 Å². The van der Waals surface area contributed by atoms with Gasteiger partial charge in [0.25, 0.3) is 0 Å². The van der Waals surface area contributed by atoms with Gasteiger partial charge in [0.15, 0.2) is 0 Å².